The monoisotopic (exact) mass is 361 g/mol. The summed E-state index contributed by atoms with van der Waals surface area (Å²) in [4.78, 5) is 15.8. The van der Waals surface area contributed by atoms with Crippen LogP contribution < -0.4 is 11.1 Å². The maximum absolute atomic E-state index is 11.1. The number of nitrogens with one attached hydrogen (secondary N) is 1. The molecule has 3 heterocycles. The third kappa shape index (κ3) is 3.71. The number of rotatable bonds is 7. The molecule has 27 heavy (non-hydrogen) atoms. The van der Waals surface area contributed by atoms with Crippen molar-refractivity contribution in [1.29, 1.82) is 0 Å². The van der Waals surface area contributed by atoms with Crippen LogP contribution in [0.25, 0.3) is 16.6 Å². The number of nitrogens with two attached hydrogens (primary N) is 1. The molecule has 0 spiro atoms. The summed E-state index contributed by atoms with van der Waals surface area (Å²) in [5.74, 6) is -0.283. The van der Waals surface area contributed by atoms with Crippen LogP contribution in [-0.2, 0) is 24.4 Å². The second-order valence-corrected chi connectivity index (χ2v) is 6.89. The van der Waals surface area contributed by atoms with Gasteiger partial charge >= 0.3 is 0 Å². The highest BCUT2D eigenvalue weighted by Gasteiger charge is 2.09. The van der Waals surface area contributed by atoms with Crippen molar-refractivity contribution < 1.29 is 4.79 Å². The number of aryl methyl sites for hydroxylation is 2. The molecule has 4 aromatic rings. The van der Waals surface area contributed by atoms with E-state index in [4.69, 9.17) is 5.73 Å². The number of amides is 1. The van der Waals surface area contributed by atoms with Gasteiger partial charge in [-0.2, -0.15) is 0 Å². The van der Waals surface area contributed by atoms with Gasteiger partial charge < -0.3 is 20.0 Å². The van der Waals surface area contributed by atoms with Gasteiger partial charge in [-0.15, -0.1) is 0 Å². The molecule has 3 N–H and O–H groups in total. The number of hydrogen-bond acceptors (Lipinski definition) is 3. The van der Waals surface area contributed by atoms with E-state index in [1.165, 1.54) is 16.5 Å². The van der Waals surface area contributed by atoms with Crippen LogP contribution in [-0.4, -0.2) is 19.9 Å². The molecule has 6 heteroatoms. The molecule has 6 nitrogen and oxygen atoms in total. The zero-order valence-electron chi connectivity index (χ0n) is 15.4. The van der Waals surface area contributed by atoms with Gasteiger partial charge in [0.15, 0.2) is 0 Å². The van der Waals surface area contributed by atoms with Gasteiger partial charge in [0.1, 0.15) is 5.65 Å². The van der Waals surface area contributed by atoms with Crippen LogP contribution in [0.4, 0.5) is 0 Å². The van der Waals surface area contributed by atoms with Crippen LogP contribution in [0, 0.1) is 6.92 Å². The Morgan fingerprint density at radius 2 is 1.96 bits per heavy atom. The fourth-order valence-corrected chi connectivity index (χ4v) is 3.45. The summed E-state index contributed by atoms with van der Waals surface area (Å²) >= 11 is 0. The molecule has 1 aromatic carbocycles. The Hall–Kier alpha value is -3.12. The first-order valence-corrected chi connectivity index (χ1v) is 9.10. The Morgan fingerprint density at radius 1 is 1.11 bits per heavy atom. The Kier molecular flexibility index (Phi) is 4.64. The highest BCUT2D eigenvalue weighted by atomic mass is 16.1. The van der Waals surface area contributed by atoms with E-state index >= 15 is 0 Å². The molecule has 0 aliphatic carbocycles. The van der Waals surface area contributed by atoms with E-state index < -0.39 is 0 Å². The molecule has 138 valence electrons. The summed E-state index contributed by atoms with van der Waals surface area (Å²) in [5, 5.41) is 4.68. The molecule has 0 aliphatic heterocycles. The number of fused-ring (bicyclic) bond motifs is 2. The Balaban J connectivity index is 1.48. The highest BCUT2D eigenvalue weighted by Crippen LogP contribution is 2.21. The van der Waals surface area contributed by atoms with E-state index in [2.05, 4.69) is 63.0 Å². The fourth-order valence-electron chi connectivity index (χ4n) is 3.45. The zero-order chi connectivity index (χ0) is 18.8. The van der Waals surface area contributed by atoms with Gasteiger partial charge in [-0.3, -0.25) is 4.79 Å². The standard InChI is InChI=1S/C21H23N5O/c1-15-6-7-21-24-17(14-26(21)12-15)11-23-10-16-13-25(9-8-20(22)27)19-5-3-2-4-18(16)19/h2-7,12-14,23H,8-11H2,1H3,(H2,22,27). The van der Waals surface area contributed by atoms with E-state index in [0.29, 0.717) is 19.5 Å². The maximum atomic E-state index is 11.1. The number of pyridine rings is 1. The number of aromatic nitrogens is 3. The van der Waals surface area contributed by atoms with Gasteiger partial charge in [0.05, 0.1) is 5.69 Å². The normalized spacial score (nSPS) is 11.4. The summed E-state index contributed by atoms with van der Waals surface area (Å²) in [6, 6.07) is 12.3. The number of carbonyl (C=O) groups is 1. The van der Waals surface area contributed by atoms with Crippen molar-refractivity contribution in [2.24, 2.45) is 5.73 Å². The van der Waals surface area contributed by atoms with Crippen molar-refractivity contribution in [3.63, 3.8) is 0 Å². The van der Waals surface area contributed by atoms with Gasteiger partial charge in [-0.05, 0) is 30.2 Å². The number of benzene rings is 1. The van der Waals surface area contributed by atoms with Crippen molar-refractivity contribution >= 4 is 22.5 Å². The van der Waals surface area contributed by atoms with Crippen molar-refractivity contribution in [2.75, 3.05) is 0 Å². The first kappa shape index (κ1) is 17.3. The quantitative estimate of drug-likeness (QED) is 0.531. The molecule has 0 bridgehead atoms. The van der Waals surface area contributed by atoms with Crippen molar-refractivity contribution in [3.05, 3.63) is 71.8 Å². The number of imidazole rings is 1. The van der Waals surface area contributed by atoms with Crippen LogP contribution in [0.2, 0.25) is 0 Å². The second kappa shape index (κ2) is 7.25. The number of para-hydroxylation sites is 1. The second-order valence-electron chi connectivity index (χ2n) is 6.89. The molecule has 0 aliphatic rings. The Labute approximate surface area is 157 Å². The first-order chi connectivity index (χ1) is 13.1. The minimum absolute atomic E-state index is 0.283. The van der Waals surface area contributed by atoms with E-state index in [9.17, 15) is 4.79 Å². The molecule has 3 aromatic heterocycles. The number of nitrogens with zero attached hydrogens (tertiary/aromatic N) is 3. The lowest BCUT2D eigenvalue weighted by molar-refractivity contribution is -0.118. The zero-order valence-corrected chi connectivity index (χ0v) is 15.4. The van der Waals surface area contributed by atoms with Crippen molar-refractivity contribution in [2.45, 2.75) is 33.0 Å². The molecule has 0 radical (unpaired) electrons. The average Bonchev–Trinajstić information content (AvgIpc) is 3.21. The third-order valence-electron chi connectivity index (χ3n) is 4.74. The number of primary amides is 1. The molecular formula is C21H23N5O. The Morgan fingerprint density at radius 3 is 2.81 bits per heavy atom. The average molecular weight is 361 g/mol. The van der Waals surface area contributed by atoms with E-state index in [1.807, 2.05) is 18.2 Å². The summed E-state index contributed by atoms with van der Waals surface area (Å²) in [6.45, 7) is 4.10. The van der Waals surface area contributed by atoms with Gasteiger partial charge in [0.2, 0.25) is 5.91 Å². The van der Waals surface area contributed by atoms with Crippen LogP contribution in [0.5, 0.6) is 0 Å². The molecule has 0 atom stereocenters. The fraction of sp³-hybridized carbons (Fsp3) is 0.238. The summed E-state index contributed by atoms with van der Waals surface area (Å²) in [5.41, 5.74) is 10.8. The van der Waals surface area contributed by atoms with Crippen LogP contribution in [0.3, 0.4) is 0 Å². The van der Waals surface area contributed by atoms with Crippen LogP contribution >= 0.6 is 0 Å². The lowest BCUT2D eigenvalue weighted by atomic mass is 10.2. The van der Waals surface area contributed by atoms with Crippen LogP contribution in [0.1, 0.15) is 23.2 Å². The molecule has 4 rings (SSSR count). The highest BCUT2D eigenvalue weighted by molar-refractivity contribution is 5.84. The predicted octanol–water partition coefficient (Wildman–Crippen LogP) is 2.76. The minimum atomic E-state index is -0.283. The minimum Gasteiger partial charge on any atom is -0.370 e. The van der Waals surface area contributed by atoms with Crippen LogP contribution in [0.15, 0.2) is 55.0 Å². The third-order valence-corrected chi connectivity index (χ3v) is 4.74. The lowest BCUT2D eigenvalue weighted by Gasteiger charge is -2.02. The van der Waals surface area contributed by atoms with E-state index in [0.717, 1.165) is 23.4 Å². The lowest BCUT2D eigenvalue weighted by Crippen LogP contribution is -2.14. The number of hydrogen-bond donors (Lipinski definition) is 2. The summed E-state index contributed by atoms with van der Waals surface area (Å²) in [6.07, 6.45) is 6.59. The van der Waals surface area contributed by atoms with Gasteiger partial charge in [0.25, 0.3) is 0 Å². The van der Waals surface area contributed by atoms with E-state index in [-0.39, 0.29) is 5.91 Å². The molecule has 0 unspecified atom stereocenters. The summed E-state index contributed by atoms with van der Waals surface area (Å²) < 4.78 is 4.16. The topological polar surface area (TPSA) is 77.3 Å². The molecule has 0 fully saturated rings. The SMILES string of the molecule is Cc1ccc2nc(CNCc3cn(CCC(N)=O)c4ccccc34)cn2c1. The van der Waals surface area contributed by atoms with Gasteiger partial charge in [0, 0.05) is 55.5 Å². The number of carbonyl (C=O) groups excluding carboxylic acids is 1. The predicted molar refractivity (Wildman–Crippen MR) is 106 cm³/mol. The van der Waals surface area contributed by atoms with Crippen molar-refractivity contribution in [1.82, 2.24) is 19.3 Å². The van der Waals surface area contributed by atoms with Gasteiger partial charge in [-0.25, -0.2) is 4.98 Å². The molecule has 0 saturated heterocycles. The van der Waals surface area contributed by atoms with Crippen molar-refractivity contribution in [3.8, 4) is 0 Å². The maximum Gasteiger partial charge on any atom is 0.219 e. The van der Waals surface area contributed by atoms with Gasteiger partial charge in [-0.1, -0.05) is 24.3 Å². The molecule has 1 amide bonds. The largest absolute Gasteiger partial charge is 0.370 e. The first-order valence-electron chi connectivity index (χ1n) is 9.10. The van der Waals surface area contributed by atoms with E-state index in [1.54, 1.807) is 0 Å². The summed E-state index contributed by atoms with van der Waals surface area (Å²) in [7, 11) is 0. The molecular weight excluding hydrogens is 338 g/mol. The Bertz CT molecular complexity index is 1110. The molecule has 0 saturated carbocycles. The smallest absolute Gasteiger partial charge is 0.219 e.